The molecule has 2 heterocycles. The van der Waals surface area contributed by atoms with E-state index in [-0.39, 0.29) is 18.3 Å². The number of methoxy groups -OCH3 is 2. The fourth-order valence-electron chi connectivity index (χ4n) is 4.03. The molecule has 1 amide bonds. The molecule has 0 fully saturated rings. The second-order valence-corrected chi connectivity index (χ2v) is 10.4. The molecule has 0 saturated carbocycles. The summed E-state index contributed by atoms with van der Waals surface area (Å²) in [4.78, 5) is 26.5. The molecule has 0 saturated heterocycles. The molecule has 2 aromatic heterocycles. The Hall–Kier alpha value is -3.05. The van der Waals surface area contributed by atoms with Gasteiger partial charge in [0.2, 0.25) is 5.91 Å². The summed E-state index contributed by atoms with van der Waals surface area (Å²) in [5.41, 5.74) is 1.54. The maximum Gasteiger partial charge on any atom is 0.341 e. The zero-order valence-corrected chi connectivity index (χ0v) is 22.3. The number of aromatic nitrogens is 3. The van der Waals surface area contributed by atoms with E-state index in [9.17, 15) is 9.59 Å². The summed E-state index contributed by atoms with van der Waals surface area (Å²) in [6, 6.07) is 7.29. The van der Waals surface area contributed by atoms with Gasteiger partial charge >= 0.3 is 5.97 Å². The molecule has 0 radical (unpaired) electrons. The van der Waals surface area contributed by atoms with E-state index in [4.69, 9.17) is 14.2 Å². The molecule has 0 bridgehead atoms. The van der Waals surface area contributed by atoms with Gasteiger partial charge in [-0.1, -0.05) is 24.6 Å². The third kappa shape index (κ3) is 6.19. The standard InChI is InChI=1S/C25H30N4O5S2/c1-29-20(14-34-17-12-10-16(32-2)11-13-17)27-28-25(29)35-15-21(30)26-23-22(24(31)33-3)18-8-6-4-5-7-9-19(18)36-23/h10-13H,4-9,14-15H2,1-3H3,(H,26,30). The van der Waals surface area contributed by atoms with Crippen molar-refractivity contribution < 1.29 is 23.8 Å². The Labute approximate surface area is 218 Å². The Morgan fingerprint density at radius 1 is 1.06 bits per heavy atom. The highest BCUT2D eigenvalue weighted by Gasteiger charge is 2.26. The van der Waals surface area contributed by atoms with Crippen LogP contribution in [-0.2, 0) is 36.0 Å². The summed E-state index contributed by atoms with van der Waals surface area (Å²) in [5.74, 6) is 1.61. The van der Waals surface area contributed by atoms with E-state index in [1.165, 1.54) is 41.5 Å². The van der Waals surface area contributed by atoms with Crippen molar-refractivity contribution in [1.29, 1.82) is 0 Å². The molecule has 9 nitrogen and oxygen atoms in total. The van der Waals surface area contributed by atoms with E-state index in [0.29, 0.717) is 27.3 Å². The first-order chi connectivity index (χ1) is 17.5. The van der Waals surface area contributed by atoms with Crippen LogP contribution in [0.2, 0.25) is 0 Å². The third-order valence-corrected chi connectivity index (χ3v) is 8.23. The number of amides is 1. The van der Waals surface area contributed by atoms with E-state index in [1.807, 2.05) is 31.3 Å². The number of fused-ring (bicyclic) bond motifs is 1. The minimum absolute atomic E-state index is 0.133. The van der Waals surface area contributed by atoms with Gasteiger partial charge in [-0.15, -0.1) is 21.5 Å². The molecule has 1 aromatic carbocycles. The van der Waals surface area contributed by atoms with E-state index in [0.717, 1.165) is 43.4 Å². The zero-order valence-electron chi connectivity index (χ0n) is 20.7. The second-order valence-electron chi connectivity index (χ2n) is 8.37. The topological polar surface area (TPSA) is 105 Å². The maximum absolute atomic E-state index is 12.8. The maximum atomic E-state index is 12.8. The highest BCUT2D eigenvalue weighted by molar-refractivity contribution is 7.99. The molecule has 0 atom stereocenters. The molecular weight excluding hydrogens is 500 g/mol. The Bertz CT molecular complexity index is 1210. The first-order valence-electron chi connectivity index (χ1n) is 11.8. The second kappa shape index (κ2) is 12.3. The number of nitrogens with zero attached hydrogens (tertiary/aromatic N) is 3. The van der Waals surface area contributed by atoms with Crippen molar-refractivity contribution >= 4 is 40.0 Å². The Morgan fingerprint density at radius 3 is 2.50 bits per heavy atom. The van der Waals surface area contributed by atoms with Crippen LogP contribution in [0.3, 0.4) is 0 Å². The minimum atomic E-state index is -0.397. The van der Waals surface area contributed by atoms with Crippen molar-refractivity contribution in [3.63, 3.8) is 0 Å². The van der Waals surface area contributed by atoms with Crippen molar-refractivity contribution in [1.82, 2.24) is 14.8 Å². The van der Waals surface area contributed by atoms with Gasteiger partial charge in [0.05, 0.1) is 25.5 Å². The zero-order chi connectivity index (χ0) is 25.5. The van der Waals surface area contributed by atoms with Gasteiger partial charge in [-0.3, -0.25) is 4.79 Å². The SMILES string of the molecule is COC(=O)c1c(NC(=O)CSc2nnc(COc3ccc(OC)cc3)n2C)sc2c1CCCCCC2. The first kappa shape index (κ1) is 26.0. The summed E-state index contributed by atoms with van der Waals surface area (Å²) in [5, 5.41) is 12.5. The van der Waals surface area contributed by atoms with Gasteiger partial charge in [-0.25, -0.2) is 4.79 Å². The fraction of sp³-hybridized carbons (Fsp3) is 0.440. The molecule has 0 unspecified atom stereocenters. The van der Waals surface area contributed by atoms with Gasteiger partial charge in [-0.05, 0) is 55.5 Å². The smallest absolute Gasteiger partial charge is 0.341 e. The van der Waals surface area contributed by atoms with Crippen molar-refractivity contribution in [3.8, 4) is 11.5 Å². The molecule has 0 spiro atoms. The first-order valence-corrected chi connectivity index (χ1v) is 13.6. The van der Waals surface area contributed by atoms with Gasteiger partial charge in [0.15, 0.2) is 11.0 Å². The Kier molecular flexibility index (Phi) is 8.87. The van der Waals surface area contributed by atoms with Gasteiger partial charge < -0.3 is 24.1 Å². The van der Waals surface area contributed by atoms with Gasteiger partial charge in [-0.2, -0.15) is 0 Å². The van der Waals surface area contributed by atoms with Crippen LogP contribution in [0.1, 0.15) is 52.3 Å². The summed E-state index contributed by atoms with van der Waals surface area (Å²) in [6.07, 6.45) is 6.23. The average molecular weight is 531 g/mol. The molecule has 192 valence electrons. The van der Waals surface area contributed by atoms with Crippen molar-refractivity contribution in [2.45, 2.75) is 50.3 Å². The molecule has 36 heavy (non-hydrogen) atoms. The van der Waals surface area contributed by atoms with Crippen molar-refractivity contribution in [2.75, 3.05) is 25.3 Å². The number of esters is 1. The molecule has 4 rings (SSSR count). The highest BCUT2D eigenvalue weighted by Crippen LogP contribution is 2.37. The van der Waals surface area contributed by atoms with Gasteiger partial charge in [0, 0.05) is 11.9 Å². The lowest BCUT2D eigenvalue weighted by Crippen LogP contribution is -2.16. The average Bonchev–Trinajstić information content (AvgIpc) is 3.39. The summed E-state index contributed by atoms with van der Waals surface area (Å²) in [6.45, 7) is 0.242. The Balaban J connectivity index is 1.37. The number of hydrogen-bond donors (Lipinski definition) is 1. The third-order valence-electron chi connectivity index (χ3n) is 6.00. The molecular formula is C25H30N4O5S2. The van der Waals surface area contributed by atoms with E-state index in [2.05, 4.69) is 15.5 Å². The number of nitrogens with one attached hydrogen (secondary N) is 1. The normalized spacial score (nSPS) is 13.3. The monoisotopic (exact) mass is 530 g/mol. The fourth-order valence-corrected chi connectivity index (χ4v) is 6.06. The van der Waals surface area contributed by atoms with Gasteiger partial charge in [0.1, 0.15) is 23.1 Å². The molecule has 1 N–H and O–H groups in total. The van der Waals surface area contributed by atoms with E-state index in [1.54, 1.807) is 11.7 Å². The predicted octanol–water partition coefficient (Wildman–Crippen LogP) is 4.64. The summed E-state index contributed by atoms with van der Waals surface area (Å²) >= 11 is 2.77. The van der Waals surface area contributed by atoms with E-state index >= 15 is 0 Å². The van der Waals surface area contributed by atoms with Crippen LogP contribution in [-0.4, -0.2) is 46.6 Å². The number of anilines is 1. The minimum Gasteiger partial charge on any atom is -0.497 e. The molecule has 11 heteroatoms. The number of thiophene rings is 1. The number of ether oxygens (including phenoxy) is 3. The molecule has 0 aliphatic heterocycles. The van der Waals surface area contributed by atoms with Crippen LogP contribution in [0.5, 0.6) is 11.5 Å². The number of carbonyl (C=O) groups is 2. The lowest BCUT2D eigenvalue weighted by molar-refractivity contribution is -0.113. The number of carbonyl (C=O) groups excluding carboxylic acids is 2. The van der Waals surface area contributed by atoms with Gasteiger partial charge in [0.25, 0.3) is 0 Å². The largest absolute Gasteiger partial charge is 0.497 e. The number of hydrogen-bond acceptors (Lipinski definition) is 9. The van der Waals surface area contributed by atoms with Crippen LogP contribution < -0.4 is 14.8 Å². The van der Waals surface area contributed by atoms with Crippen LogP contribution in [0.15, 0.2) is 29.4 Å². The van der Waals surface area contributed by atoms with Crippen LogP contribution >= 0.6 is 23.1 Å². The highest BCUT2D eigenvalue weighted by atomic mass is 32.2. The number of rotatable bonds is 9. The van der Waals surface area contributed by atoms with Crippen LogP contribution in [0.4, 0.5) is 5.00 Å². The molecule has 1 aliphatic carbocycles. The van der Waals surface area contributed by atoms with Crippen LogP contribution in [0, 0.1) is 0 Å². The van der Waals surface area contributed by atoms with Crippen molar-refractivity contribution in [2.24, 2.45) is 7.05 Å². The van der Waals surface area contributed by atoms with Crippen molar-refractivity contribution in [3.05, 3.63) is 46.1 Å². The molecule has 3 aromatic rings. The number of thioether (sulfide) groups is 1. The Morgan fingerprint density at radius 2 is 1.78 bits per heavy atom. The summed E-state index contributed by atoms with van der Waals surface area (Å²) < 4.78 is 17.8. The lowest BCUT2D eigenvalue weighted by atomic mass is 9.96. The summed E-state index contributed by atoms with van der Waals surface area (Å²) in [7, 11) is 4.82. The van der Waals surface area contributed by atoms with E-state index < -0.39 is 5.97 Å². The number of benzene rings is 1. The quantitative estimate of drug-likeness (QED) is 0.315. The van der Waals surface area contributed by atoms with Crippen LogP contribution in [0.25, 0.3) is 0 Å². The predicted molar refractivity (Wildman–Crippen MR) is 139 cm³/mol. The molecule has 1 aliphatic rings. The number of aryl methyl sites for hydroxylation is 1. The lowest BCUT2D eigenvalue weighted by Gasteiger charge is -2.11.